The zero-order valence-corrected chi connectivity index (χ0v) is 7.18. The van der Waals surface area contributed by atoms with Gasteiger partial charge in [-0.25, -0.2) is 0 Å². The van der Waals surface area contributed by atoms with E-state index in [9.17, 15) is 4.79 Å². The molecule has 1 nitrogen and oxygen atoms in total. The Bertz CT molecular complexity index is 147. The van der Waals surface area contributed by atoms with E-state index in [1.807, 2.05) is 13.0 Å². The average molecular weight is 152 g/mol. The van der Waals surface area contributed by atoms with Crippen LogP contribution in [0.25, 0.3) is 0 Å². The average Bonchev–Trinajstić information content (AvgIpc) is 1.97. The Morgan fingerprint density at radius 1 is 1.64 bits per heavy atom. The monoisotopic (exact) mass is 152 g/mol. The summed E-state index contributed by atoms with van der Waals surface area (Å²) < 4.78 is 0. The molecule has 0 aromatic rings. The van der Waals surface area contributed by atoms with Gasteiger partial charge < -0.3 is 4.79 Å². The minimum Gasteiger partial charge on any atom is -0.303 e. The first-order valence-electron chi connectivity index (χ1n) is 3.92. The third kappa shape index (κ3) is 4.54. The summed E-state index contributed by atoms with van der Waals surface area (Å²) in [5.74, 6) is 0.352. The van der Waals surface area contributed by atoms with Crippen molar-refractivity contribution in [3.63, 3.8) is 0 Å². The minimum atomic E-state index is 0.352. The van der Waals surface area contributed by atoms with Crippen LogP contribution in [0.1, 0.15) is 26.2 Å². The summed E-state index contributed by atoms with van der Waals surface area (Å²) in [4.78, 5) is 10.2. The van der Waals surface area contributed by atoms with E-state index >= 15 is 0 Å². The quantitative estimate of drug-likeness (QED) is 0.422. The van der Waals surface area contributed by atoms with Crippen LogP contribution in [0, 0.1) is 5.92 Å². The highest BCUT2D eigenvalue weighted by atomic mass is 16.1. The Labute approximate surface area is 68.8 Å². The highest BCUT2D eigenvalue weighted by Gasteiger charge is 2.06. The van der Waals surface area contributed by atoms with Crippen LogP contribution < -0.4 is 0 Å². The molecular formula is C10H16O. The van der Waals surface area contributed by atoms with Crippen molar-refractivity contribution in [1.29, 1.82) is 0 Å². The van der Waals surface area contributed by atoms with Crippen LogP contribution in [0.5, 0.6) is 0 Å². The molecule has 0 aliphatic carbocycles. The van der Waals surface area contributed by atoms with Gasteiger partial charge in [0.15, 0.2) is 0 Å². The Hall–Kier alpha value is -0.850. The third-order valence-corrected chi connectivity index (χ3v) is 1.80. The fourth-order valence-electron chi connectivity index (χ4n) is 1.00. The summed E-state index contributed by atoms with van der Waals surface area (Å²) in [5, 5.41) is 0. The Morgan fingerprint density at radius 3 is 2.64 bits per heavy atom. The summed E-state index contributed by atoms with van der Waals surface area (Å²) >= 11 is 0. The normalized spacial score (nSPS) is 12.1. The molecule has 0 aromatic heterocycles. The summed E-state index contributed by atoms with van der Waals surface area (Å²) in [6, 6.07) is 0. The van der Waals surface area contributed by atoms with E-state index < -0.39 is 0 Å². The first-order chi connectivity index (χ1) is 5.22. The third-order valence-electron chi connectivity index (χ3n) is 1.80. The van der Waals surface area contributed by atoms with Crippen LogP contribution in [0.15, 0.2) is 24.8 Å². The fourth-order valence-corrected chi connectivity index (χ4v) is 1.00. The highest BCUT2D eigenvalue weighted by Crippen LogP contribution is 2.17. The van der Waals surface area contributed by atoms with Gasteiger partial charge in [0.25, 0.3) is 0 Å². The van der Waals surface area contributed by atoms with Crippen LogP contribution in [-0.2, 0) is 4.79 Å². The number of rotatable bonds is 6. The SMILES string of the molecule is C=CCC[C@@H](CC=O)C(=C)C. The van der Waals surface area contributed by atoms with Crippen molar-refractivity contribution < 1.29 is 4.79 Å². The van der Waals surface area contributed by atoms with Crippen molar-refractivity contribution >= 4 is 6.29 Å². The summed E-state index contributed by atoms with van der Waals surface area (Å²) in [6.07, 6.45) is 5.40. The molecule has 1 heteroatoms. The van der Waals surface area contributed by atoms with Gasteiger partial charge in [0.1, 0.15) is 6.29 Å². The zero-order valence-electron chi connectivity index (χ0n) is 7.18. The van der Waals surface area contributed by atoms with E-state index in [1.165, 1.54) is 0 Å². The predicted octanol–water partition coefficient (Wildman–Crippen LogP) is 2.73. The molecule has 0 spiro atoms. The molecule has 11 heavy (non-hydrogen) atoms. The van der Waals surface area contributed by atoms with E-state index in [4.69, 9.17) is 0 Å². The van der Waals surface area contributed by atoms with Crippen molar-refractivity contribution in [2.24, 2.45) is 5.92 Å². The molecule has 0 heterocycles. The lowest BCUT2D eigenvalue weighted by Crippen LogP contribution is -2.01. The maximum atomic E-state index is 10.2. The van der Waals surface area contributed by atoms with Gasteiger partial charge in [0.05, 0.1) is 0 Å². The zero-order chi connectivity index (χ0) is 8.69. The van der Waals surface area contributed by atoms with Crippen LogP contribution in [-0.4, -0.2) is 6.29 Å². The van der Waals surface area contributed by atoms with E-state index in [0.717, 1.165) is 24.7 Å². The molecule has 0 rings (SSSR count). The van der Waals surface area contributed by atoms with Crippen molar-refractivity contribution in [3.8, 4) is 0 Å². The number of allylic oxidation sites excluding steroid dienone is 2. The van der Waals surface area contributed by atoms with Crippen LogP contribution in [0.3, 0.4) is 0 Å². The van der Waals surface area contributed by atoms with Gasteiger partial charge >= 0.3 is 0 Å². The van der Waals surface area contributed by atoms with Crippen LogP contribution >= 0.6 is 0 Å². The minimum absolute atomic E-state index is 0.352. The smallest absolute Gasteiger partial charge is 0.120 e. The van der Waals surface area contributed by atoms with Crippen LogP contribution in [0.4, 0.5) is 0 Å². The Morgan fingerprint density at radius 2 is 2.27 bits per heavy atom. The molecule has 0 saturated carbocycles. The van der Waals surface area contributed by atoms with E-state index in [1.54, 1.807) is 0 Å². The molecule has 0 fully saturated rings. The van der Waals surface area contributed by atoms with Crippen molar-refractivity contribution in [1.82, 2.24) is 0 Å². The number of hydrogen-bond acceptors (Lipinski definition) is 1. The topological polar surface area (TPSA) is 17.1 Å². The standard InChI is InChI=1S/C10H16O/c1-4-5-6-10(7-8-11)9(2)3/h4,8,10H,1-2,5-7H2,3H3/t10-/m0/s1. The van der Waals surface area contributed by atoms with E-state index in [0.29, 0.717) is 12.3 Å². The Kier molecular flexibility index (Phi) is 5.44. The maximum absolute atomic E-state index is 10.2. The molecule has 0 aliphatic heterocycles. The van der Waals surface area contributed by atoms with E-state index in [2.05, 4.69) is 13.2 Å². The van der Waals surface area contributed by atoms with Crippen molar-refractivity contribution in [2.45, 2.75) is 26.2 Å². The lowest BCUT2D eigenvalue weighted by Gasteiger charge is -2.11. The summed E-state index contributed by atoms with van der Waals surface area (Å²) in [6.45, 7) is 9.44. The molecule has 0 unspecified atom stereocenters. The van der Waals surface area contributed by atoms with Gasteiger partial charge in [-0.3, -0.25) is 0 Å². The number of aldehydes is 1. The fraction of sp³-hybridized carbons (Fsp3) is 0.500. The van der Waals surface area contributed by atoms with Crippen LogP contribution in [0.2, 0.25) is 0 Å². The molecular weight excluding hydrogens is 136 g/mol. The van der Waals surface area contributed by atoms with Gasteiger partial charge in [0, 0.05) is 6.42 Å². The second kappa shape index (κ2) is 5.90. The number of carbonyl (C=O) groups is 1. The number of carbonyl (C=O) groups excluding carboxylic acids is 1. The molecule has 1 atom stereocenters. The lowest BCUT2D eigenvalue weighted by atomic mass is 9.94. The first kappa shape index (κ1) is 10.2. The molecule has 62 valence electrons. The van der Waals surface area contributed by atoms with Gasteiger partial charge in [-0.1, -0.05) is 18.2 Å². The first-order valence-corrected chi connectivity index (χ1v) is 3.92. The van der Waals surface area contributed by atoms with Crippen molar-refractivity contribution in [3.05, 3.63) is 24.8 Å². The second-order valence-corrected chi connectivity index (χ2v) is 2.81. The van der Waals surface area contributed by atoms with Gasteiger partial charge in [-0.05, 0) is 25.7 Å². The molecule has 0 aliphatic rings. The lowest BCUT2D eigenvalue weighted by molar-refractivity contribution is -0.108. The molecule has 0 aromatic carbocycles. The van der Waals surface area contributed by atoms with Gasteiger partial charge in [-0.15, -0.1) is 6.58 Å². The molecule has 0 amide bonds. The predicted molar refractivity (Wildman–Crippen MR) is 48.4 cm³/mol. The highest BCUT2D eigenvalue weighted by molar-refractivity contribution is 5.50. The second-order valence-electron chi connectivity index (χ2n) is 2.81. The summed E-state index contributed by atoms with van der Waals surface area (Å²) in [7, 11) is 0. The van der Waals surface area contributed by atoms with Gasteiger partial charge in [0.2, 0.25) is 0 Å². The molecule has 0 radical (unpaired) electrons. The molecule has 0 bridgehead atoms. The Balaban J connectivity index is 3.77. The maximum Gasteiger partial charge on any atom is 0.120 e. The number of hydrogen-bond donors (Lipinski definition) is 0. The largest absolute Gasteiger partial charge is 0.303 e. The van der Waals surface area contributed by atoms with Gasteiger partial charge in [-0.2, -0.15) is 0 Å². The summed E-state index contributed by atoms with van der Waals surface area (Å²) in [5.41, 5.74) is 1.10. The molecule has 0 saturated heterocycles. The molecule has 0 N–H and O–H groups in total. The van der Waals surface area contributed by atoms with Crippen molar-refractivity contribution in [2.75, 3.05) is 0 Å². The van der Waals surface area contributed by atoms with E-state index in [-0.39, 0.29) is 0 Å².